The number of hydrogen-bond donors (Lipinski definition) is 1. The van der Waals surface area contributed by atoms with Crippen LogP contribution in [0.4, 0.5) is 4.79 Å². The van der Waals surface area contributed by atoms with E-state index >= 15 is 0 Å². The van der Waals surface area contributed by atoms with Crippen LogP contribution in [0.25, 0.3) is 0 Å². The van der Waals surface area contributed by atoms with Crippen molar-refractivity contribution in [3.8, 4) is 0 Å². The fourth-order valence-electron chi connectivity index (χ4n) is 2.32. The van der Waals surface area contributed by atoms with Crippen molar-refractivity contribution >= 4 is 11.9 Å². The number of amides is 3. The van der Waals surface area contributed by atoms with E-state index in [-0.39, 0.29) is 17.9 Å². The maximum atomic E-state index is 11.9. The summed E-state index contributed by atoms with van der Waals surface area (Å²) in [5.74, 6) is 0.0271. The Hall–Kier alpha value is -1.06. The zero-order valence-electron chi connectivity index (χ0n) is 9.87. The molecule has 0 bridgehead atoms. The van der Waals surface area contributed by atoms with Gasteiger partial charge in [-0.25, -0.2) is 4.79 Å². The normalized spacial score (nSPS) is 25.3. The summed E-state index contributed by atoms with van der Waals surface area (Å²) in [5.41, 5.74) is 0. The van der Waals surface area contributed by atoms with E-state index in [0.717, 1.165) is 38.6 Å². The van der Waals surface area contributed by atoms with Crippen molar-refractivity contribution in [2.75, 3.05) is 6.54 Å². The number of carbonyl (C=O) groups is 2. The van der Waals surface area contributed by atoms with Gasteiger partial charge in [-0.15, -0.1) is 0 Å². The van der Waals surface area contributed by atoms with Gasteiger partial charge in [0.2, 0.25) is 5.91 Å². The van der Waals surface area contributed by atoms with Crippen molar-refractivity contribution in [1.82, 2.24) is 10.2 Å². The first kappa shape index (κ1) is 11.4. The molecular formula is C12H20N2O2. The number of nitrogens with one attached hydrogen (secondary N) is 1. The third kappa shape index (κ3) is 2.54. The van der Waals surface area contributed by atoms with Crippen LogP contribution in [0.15, 0.2) is 0 Å². The summed E-state index contributed by atoms with van der Waals surface area (Å²) >= 11 is 0. The van der Waals surface area contributed by atoms with Crippen molar-refractivity contribution in [3.63, 3.8) is 0 Å². The SMILES string of the molecule is CCC1CCCCN1C(=O)NC(=O)C1CC1. The number of likely N-dealkylation sites (tertiary alicyclic amines) is 1. The number of hydrogen-bond acceptors (Lipinski definition) is 2. The number of nitrogens with zero attached hydrogens (tertiary/aromatic N) is 1. The highest BCUT2D eigenvalue weighted by molar-refractivity contribution is 5.96. The lowest BCUT2D eigenvalue weighted by atomic mass is 10.0. The average molecular weight is 224 g/mol. The van der Waals surface area contributed by atoms with Gasteiger partial charge >= 0.3 is 6.03 Å². The highest BCUT2D eigenvalue weighted by Gasteiger charge is 2.33. The first-order valence-corrected chi connectivity index (χ1v) is 6.34. The number of urea groups is 1. The summed E-state index contributed by atoms with van der Waals surface area (Å²) < 4.78 is 0. The van der Waals surface area contributed by atoms with E-state index in [1.807, 2.05) is 4.90 Å². The molecule has 1 atom stereocenters. The Bertz CT molecular complexity index is 287. The summed E-state index contributed by atoms with van der Waals surface area (Å²) in [5, 5.41) is 2.52. The molecule has 3 amide bonds. The van der Waals surface area contributed by atoms with Crippen molar-refractivity contribution in [2.45, 2.75) is 51.5 Å². The van der Waals surface area contributed by atoms with Crippen LogP contribution in [0.2, 0.25) is 0 Å². The third-order valence-corrected chi connectivity index (χ3v) is 3.54. The summed E-state index contributed by atoms with van der Waals surface area (Å²) in [7, 11) is 0. The van der Waals surface area contributed by atoms with E-state index < -0.39 is 0 Å². The fraction of sp³-hybridized carbons (Fsp3) is 0.833. The first-order chi connectivity index (χ1) is 7.72. The van der Waals surface area contributed by atoms with Crippen LogP contribution >= 0.6 is 0 Å². The van der Waals surface area contributed by atoms with E-state index in [1.54, 1.807) is 0 Å². The Kier molecular flexibility index (Phi) is 3.46. The zero-order valence-corrected chi connectivity index (χ0v) is 9.87. The second-order valence-corrected chi connectivity index (χ2v) is 4.82. The topological polar surface area (TPSA) is 49.4 Å². The van der Waals surface area contributed by atoms with Crippen LogP contribution in [0, 0.1) is 5.92 Å². The molecule has 2 aliphatic rings. The van der Waals surface area contributed by atoms with Crippen LogP contribution < -0.4 is 5.32 Å². The Balaban J connectivity index is 1.88. The number of imide groups is 1. The van der Waals surface area contributed by atoms with Crippen molar-refractivity contribution in [2.24, 2.45) is 5.92 Å². The molecule has 1 heterocycles. The van der Waals surface area contributed by atoms with Crippen LogP contribution in [-0.2, 0) is 4.79 Å². The van der Waals surface area contributed by atoms with Crippen molar-refractivity contribution in [1.29, 1.82) is 0 Å². The molecule has 4 nitrogen and oxygen atoms in total. The number of piperidine rings is 1. The maximum absolute atomic E-state index is 11.9. The standard InChI is InChI=1S/C12H20N2O2/c1-2-10-5-3-4-8-14(10)12(16)13-11(15)9-6-7-9/h9-10H,2-8H2,1H3,(H,13,15,16). The molecule has 0 aromatic heterocycles. The minimum absolute atomic E-state index is 0.0783. The van der Waals surface area contributed by atoms with E-state index in [0.29, 0.717) is 6.04 Å². The molecule has 1 aliphatic carbocycles. The van der Waals surface area contributed by atoms with E-state index in [2.05, 4.69) is 12.2 Å². The predicted octanol–water partition coefficient (Wildman–Crippen LogP) is 1.90. The minimum atomic E-state index is -0.177. The lowest BCUT2D eigenvalue weighted by molar-refractivity contribution is -0.121. The molecule has 1 aliphatic heterocycles. The average Bonchev–Trinajstić information content (AvgIpc) is 3.12. The largest absolute Gasteiger partial charge is 0.324 e. The molecule has 2 fully saturated rings. The monoisotopic (exact) mass is 224 g/mol. The van der Waals surface area contributed by atoms with E-state index in [4.69, 9.17) is 0 Å². The molecule has 1 saturated carbocycles. The Morgan fingerprint density at radius 2 is 2.00 bits per heavy atom. The van der Waals surface area contributed by atoms with Gasteiger partial charge in [-0.05, 0) is 38.5 Å². The summed E-state index contributed by atoms with van der Waals surface area (Å²) in [6, 6.07) is 0.143. The number of rotatable bonds is 2. The van der Waals surface area contributed by atoms with Gasteiger partial charge < -0.3 is 4.90 Å². The molecule has 4 heteroatoms. The van der Waals surface area contributed by atoms with Crippen LogP contribution in [0.1, 0.15) is 45.4 Å². The molecule has 0 aromatic rings. The molecule has 1 N–H and O–H groups in total. The van der Waals surface area contributed by atoms with Gasteiger partial charge in [0, 0.05) is 18.5 Å². The van der Waals surface area contributed by atoms with Gasteiger partial charge in [-0.1, -0.05) is 6.92 Å². The van der Waals surface area contributed by atoms with Gasteiger partial charge in [0.05, 0.1) is 0 Å². The summed E-state index contributed by atoms with van der Waals surface area (Å²) in [4.78, 5) is 25.2. The van der Waals surface area contributed by atoms with E-state index in [9.17, 15) is 9.59 Å². The van der Waals surface area contributed by atoms with Gasteiger partial charge in [0.15, 0.2) is 0 Å². The molecule has 1 saturated heterocycles. The first-order valence-electron chi connectivity index (χ1n) is 6.34. The molecule has 0 aromatic carbocycles. The second-order valence-electron chi connectivity index (χ2n) is 4.82. The smallest absolute Gasteiger partial charge is 0.321 e. The van der Waals surface area contributed by atoms with Crippen molar-refractivity contribution in [3.05, 3.63) is 0 Å². The van der Waals surface area contributed by atoms with Gasteiger partial charge in [0.25, 0.3) is 0 Å². The molecule has 0 radical (unpaired) electrons. The maximum Gasteiger partial charge on any atom is 0.324 e. The molecular weight excluding hydrogens is 204 g/mol. The zero-order chi connectivity index (χ0) is 11.5. The highest BCUT2D eigenvalue weighted by Crippen LogP contribution is 2.29. The van der Waals surface area contributed by atoms with Crippen molar-refractivity contribution < 1.29 is 9.59 Å². The Morgan fingerprint density at radius 3 is 2.62 bits per heavy atom. The fourth-order valence-corrected chi connectivity index (χ4v) is 2.32. The quantitative estimate of drug-likeness (QED) is 0.778. The lowest BCUT2D eigenvalue weighted by Gasteiger charge is -2.34. The molecule has 2 rings (SSSR count). The Morgan fingerprint density at radius 1 is 1.25 bits per heavy atom. The van der Waals surface area contributed by atoms with Gasteiger partial charge in [-0.3, -0.25) is 10.1 Å². The predicted molar refractivity (Wildman–Crippen MR) is 60.9 cm³/mol. The molecule has 16 heavy (non-hydrogen) atoms. The number of carbonyl (C=O) groups excluding carboxylic acids is 2. The van der Waals surface area contributed by atoms with Gasteiger partial charge in [0.1, 0.15) is 0 Å². The summed E-state index contributed by atoms with van der Waals surface area (Å²) in [6.07, 6.45) is 6.18. The molecule has 0 spiro atoms. The van der Waals surface area contributed by atoms with Crippen LogP contribution in [0.5, 0.6) is 0 Å². The van der Waals surface area contributed by atoms with Crippen LogP contribution in [-0.4, -0.2) is 29.4 Å². The van der Waals surface area contributed by atoms with Crippen LogP contribution in [0.3, 0.4) is 0 Å². The Labute approximate surface area is 96.4 Å². The molecule has 90 valence electrons. The lowest BCUT2D eigenvalue weighted by Crippen LogP contribution is -2.50. The second kappa shape index (κ2) is 4.85. The third-order valence-electron chi connectivity index (χ3n) is 3.54. The van der Waals surface area contributed by atoms with E-state index in [1.165, 1.54) is 6.42 Å². The summed E-state index contributed by atoms with van der Waals surface area (Å²) in [6.45, 7) is 2.89. The van der Waals surface area contributed by atoms with Gasteiger partial charge in [-0.2, -0.15) is 0 Å². The highest BCUT2D eigenvalue weighted by atomic mass is 16.2. The minimum Gasteiger partial charge on any atom is -0.321 e. The molecule has 1 unspecified atom stereocenters.